The van der Waals surface area contributed by atoms with Gasteiger partial charge >= 0.3 is 5.97 Å². The van der Waals surface area contributed by atoms with Gasteiger partial charge in [0, 0.05) is 38.6 Å². The van der Waals surface area contributed by atoms with E-state index in [1.807, 2.05) is 0 Å². The van der Waals surface area contributed by atoms with Gasteiger partial charge in [0.05, 0.1) is 43.4 Å². The van der Waals surface area contributed by atoms with Crippen molar-refractivity contribution in [2.45, 2.75) is 166 Å². The zero-order valence-electron chi connectivity index (χ0n) is 25.6. The first-order chi connectivity index (χ1) is 20.4. The molecule has 0 bridgehead atoms. The Kier molecular flexibility index (Phi) is 15.7. The molecule has 2 N–H and O–H groups in total. The van der Waals surface area contributed by atoms with Gasteiger partial charge in [-0.15, -0.1) is 0 Å². The van der Waals surface area contributed by atoms with Gasteiger partial charge in [-0.1, -0.05) is 57.8 Å². The van der Waals surface area contributed by atoms with Crippen LogP contribution in [0.25, 0.3) is 0 Å². The molecule has 0 radical (unpaired) electrons. The molecule has 0 aromatic carbocycles. The molecule has 0 unspecified atom stereocenters. The van der Waals surface area contributed by atoms with Crippen LogP contribution in [0.2, 0.25) is 0 Å². The predicted molar refractivity (Wildman–Crippen MR) is 162 cm³/mol. The highest BCUT2D eigenvalue weighted by Crippen LogP contribution is 2.22. The van der Waals surface area contributed by atoms with Gasteiger partial charge in [-0.2, -0.15) is 5.06 Å². The van der Waals surface area contributed by atoms with Crippen LogP contribution >= 0.6 is 0 Å². The van der Waals surface area contributed by atoms with Gasteiger partial charge in [0.15, 0.2) is 0 Å². The summed E-state index contributed by atoms with van der Waals surface area (Å²) in [4.78, 5) is 45.2. The molecule has 0 atom stereocenters. The fourth-order valence-electron chi connectivity index (χ4n) is 6.04. The Balaban J connectivity index is 0.000000187. The number of rotatable bonds is 4. The molecule has 0 aromatic rings. The van der Waals surface area contributed by atoms with Crippen molar-refractivity contribution in [3.63, 3.8) is 0 Å². The Labute approximate surface area is 251 Å². The van der Waals surface area contributed by atoms with Crippen LogP contribution in [-0.4, -0.2) is 64.3 Å². The maximum atomic E-state index is 11.2. The number of nitrogens with zero attached hydrogens (tertiary/aromatic N) is 4. The van der Waals surface area contributed by atoms with Gasteiger partial charge in [-0.05, 0) is 38.5 Å². The van der Waals surface area contributed by atoms with E-state index in [9.17, 15) is 14.4 Å². The summed E-state index contributed by atoms with van der Waals surface area (Å²) in [5.41, 5.74) is 0. The van der Waals surface area contributed by atoms with Gasteiger partial charge in [0.2, 0.25) is 0 Å². The summed E-state index contributed by atoms with van der Waals surface area (Å²) in [6.07, 6.45) is 26.3. The van der Waals surface area contributed by atoms with E-state index in [0.717, 1.165) is 25.7 Å². The highest BCUT2D eigenvalue weighted by atomic mass is 16.6. The summed E-state index contributed by atoms with van der Waals surface area (Å²) in [5.74, 6) is -1.29. The maximum Gasteiger partial charge on any atom is 0.310 e. The summed E-state index contributed by atoms with van der Waals surface area (Å²) < 4.78 is 5.26. The lowest BCUT2D eigenvalue weighted by Gasteiger charge is -2.25. The lowest BCUT2D eigenvalue weighted by Crippen LogP contribution is -2.39. The molecule has 1 heterocycles. The van der Waals surface area contributed by atoms with Crippen LogP contribution in [-0.2, 0) is 19.1 Å². The summed E-state index contributed by atoms with van der Waals surface area (Å²) in [6, 6.07) is 5.21. The van der Waals surface area contributed by atoms with E-state index >= 15 is 0 Å². The van der Waals surface area contributed by atoms with E-state index in [4.69, 9.17) is 9.94 Å². The number of imide groups is 1. The van der Waals surface area contributed by atoms with Crippen LogP contribution in [0.3, 0.4) is 0 Å². The Hall–Kier alpha value is -2.71. The first-order valence-electron chi connectivity index (χ1n) is 16.4. The van der Waals surface area contributed by atoms with Crippen molar-refractivity contribution < 1.29 is 24.3 Å². The Morgan fingerprint density at radius 3 is 1.74 bits per heavy atom. The lowest BCUT2D eigenvalue weighted by atomic mass is 9.95. The number of ether oxygens (including phenoxy) is 1. The molecule has 4 saturated carbocycles. The molecule has 5 rings (SSSR count). The maximum absolute atomic E-state index is 11.2. The Bertz CT molecular complexity index is 886. The van der Waals surface area contributed by atoms with Crippen molar-refractivity contribution in [3.8, 4) is 0 Å². The molecule has 5 aliphatic rings. The van der Waals surface area contributed by atoms with Crippen molar-refractivity contribution in [2.75, 3.05) is 0 Å². The first kappa shape index (κ1) is 33.8. The SMILES string of the molecule is C(=NC1CC[CH+]CC1)=NC1CCCCC1.CC(=O)OC(=NC1CCCCC1)NC1CCCCC1.O=C1CCC(=O)N1O. The quantitative estimate of drug-likeness (QED) is 0.0988. The monoisotopic (exact) mass is 586 g/mol. The number of esters is 1. The summed E-state index contributed by atoms with van der Waals surface area (Å²) in [5, 5.41) is 11.9. The van der Waals surface area contributed by atoms with E-state index in [-0.39, 0.29) is 23.9 Å². The van der Waals surface area contributed by atoms with Gasteiger partial charge in [-0.3, -0.25) is 19.6 Å². The summed E-state index contributed by atoms with van der Waals surface area (Å²) in [7, 11) is 0. The van der Waals surface area contributed by atoms with Crippen LogP contribution in [0.4, 0.5) is 0 Å². The van der Waals surface area contributed by atoms with E-state index in [0.29, 0.717) is 30.2 Å². The lowest BCUT2D eigenvalue weighted by molar-refractivity contribution is -0.171. The van der Waals surface area contributed by atoms with E-state index in [2.05, 4.69) is 32.7 Å². The van der Waals surface area contributed by atoms with Gasteiger partial charge in [-0.25, -0.2) is 15.0 Å². The normalized spacial score (nSPS) is 22.9. The minimum absolute atomic E-state index is 0.148. The van der Waals surface area contributed by atoms with Crippen molar-refractivity contribution >= 4 is 29.8 Å². The molecule has 1 saturated heterocycles. The third kappa shape index (κ3) is 13.5. The van der Waals surface area contributed by atoms with Crippen molar-refractivity contribution in [2.24, 2.45) is 15.0 Å². The Morgan fingerprint density at radius 2 is 1.26 bits per heavy atom. The van der Waals surface area contributed by atoms with Crippen LogP contribution in [0.15, 0.2) is 15.0 Å². The zero-order chi connectivity index (χ0) is 30.0. The largest absolute Gasteiger partial charge is 0.393 e. The number of hydrogen-bond acceptors (Lipinski definition) is 8. The van der Waals surface area contributed by atoms with Crippen molar-refractivity contribution in [1.82, 2.24) is 10.4 Å². The number of carbonyl (C=O) groups excluding carboxylic acids is 3. The minimum atomic E-state index is -0.505. The molecule has 5 fully saturated rings. The summed E-state index contributed by atoms with van der Waals surface area (Å²) >= 11 is 0. The number of amides is 2. The number of amidine groups is 1. The number of carbonyl (C=O) groups is 3. The first-order valence-corrected chi connectivity index (χ1v) is 16.4. The Morgan fingerprint density at radius 1 is 0.786 bits per heavy atom. The molecular weight excluding hydrogens is 534 g/mol. The van der Waals surface area contributed by atoms with Crippen LogP contribution < -0.4 is 5.32 Å². The molecule has 10 nitrogen and oxygen atoms in total. The van der Waals surface area contributed by atoms with Crippen LogP contribution in [0, 0.1) is 6.42 Å². The highest BCUT2D eigenvalue weighted by molar-refractivity contribution is 6.00. The third-order valence-corrected chi connectivity index (χ3v) is 8.54. The average molecular weight is 587 g/mol. The number of aliphatic imine (C=N–C) groups is 3. The molecule has 2 amide bonds. The second-order valence-electron chi connectivity index (χ2n) is 12.1. The minimum Gasteiger partial charge on any atom is -0.393 e. The average Bonchev–Trinajstić information content (AvgIpc) is 3.30. The summed E-state index contributed by atoms with van der Waals surface area (Å²) in [6.45, 7) is 1.44. The van der Waals surface area contributed by atoms with Crippen molar-refractivity contribution in [1.29, 1.82) is 0 Å². The van der Waals surface area contributed by atoms with Gasteiger partial charge < -0.3 is 10.1 Å². The van der Waals surface area contributed by atoms with Crippen LogP contribution in [0.1, 0.15) is 142 Å². The molecule has 4 aliphatic carbocycles. The topological polar surface area (TPSA) is 133 Å². The zero-order valence-corrected chi connectivity index (χ0v) is 25.6. The second kappa shape index (κ2) is 19.5. The fraction of sp³-hybridized carbons (Fsp3) is 0.812. The molecule has 10 heteroatoms. The highest BCUT2D eigenvalue weighted by Gasteiger charge is 2.27. The molecule has 42 heavy (non-hydrogen) atoms. The van der Waals surface area contributed by atoms with Crippen LogP contribution in [0.5, 0.6) is 0 Å². The standard InChI is InChI=1S/C15H26N2O2.C13H21N2.C4H5NO3/c1-12(18)19-15(16-13-8-4-2-5-9-13)17-14-10-6-3-7-11-14;1-3-7-12(8-4-1)14-11-15-13-9-5-2-6-10-13;6-3-1-2-4(7)5(3)8/h13-14H,2-11H2,1H3,(H,16,17);1,12-13H,2-10H2;8H,1-2H2/q;+1;. The molecule has 0 aromatic heterocycles. The molecule has 1 aliphatic heterocycles. The van der Waals surface area contributed by atoms with Gasteiger partial charge in [0.25, 0.3) is 17.8 Å². The molecular formula is C32H52N5O5+. The van der Waals surface area contributed by atoms with Crippen molar-refractivity contribution in [3.05, 3.63) is 6.42 Å². The van der Waals surface area contributed by atoms with E-state index in [1.165, 1.54) is 103 Å². The number of hydrogen-bond donors (Lipinski definition) is 2. The molecule has 0 spiro atoms. The van der Waals surface area contributed by atoms with E-state index in [1.54, 1.807) is 0 Å². The third-order valence-electron chi connectivity index (χ3n) is 8.54. The second-order valence-corrected chi connectivity index (χ2v) is 12.1. The van der Waals surface area contributed by atoms with Gasteiger partial charge in [0.1, 0.15) is 0 Å². The number of nitrogens with one attached hydrogen (secondary N) is 1. The smallest absolute Gasteiger partial charge is 0.310 e. The predicted octanol–water partition coefficient (Wildman–Crippen LogP) is 6.32. The molecule has 234 valence electrons. The number of hydroxylamine groups is 2. The fourth-order valence-corrected chi connectivity index (χ4v) is 6.04. The van der Waals surface area contributed by atoms with E-state index < -0.39 is 11.8 Å².